The number of unbranched alkanes of at least 4 members (excludes halogenated alkanes) is 6. The summed E-state index contributed by atoms with van der Waals surface area (Å²) >= 11 is 0. The summed E-state index contributed by atoms with van der Waals surface area (Å²) in [7, 11) is -4.71. The number of hydrogen-bond donors (Lipinski definition) is 2. The molecule has 0 spiro atoms. The van der Waals surface area contributed by atoms with Crippen LogP contribution in [0.15, 0.2) is 12.7 Å². The zero-order valence-electron chi connectivity index (χ0n) is 13.8. The van der Waals surface area contributed by atoms with Crippen molar-refractivity contribution in [2.24, 2.45) is 0 Å². The number of hydroxylamine groups is 2. The van der Waals surface area contributed by atoms with E-state index in [4.69, 9.17) is 4.89 Å². The fourth-order valence-electron chi connectivity index (χ4n) is 1.92. The summed E-state index contributed by atoms with van der Waals surface area (Å²) in [4.78, 5) is 41.6. The number of carbonyl (C=O) groups is 2. The zero-order chi connectivity index (χ0) is 17.0. The molecule has 23 heavy (non-hydrogen) atoms. The van der Waals surface area contributed by atoms with Crippen LogP contribution in [-0.2, 0) is 14.2 Å². The van der Waals surface area contributed by atoms with E-state index in [9.17, 15) is 24.3 Å². The first-order valence-corrected chi connectivity index (χ1v) is 9.17. The van der Waals surface area contributed by atoms with E-state index < -0.39 is 31.9 Å². The van der Waals surface area contributed by atoms with Gasteiger partial charge in [0.1, 0.15) is 7.60 Å². The van der Waals surface area contributed by atoms with E-state index in [1.807, 2.05) is 6.08 Å². The van der Waals surface area contributed by atoms with Gasteiger partial charge in [0.2, 0.25) is 0 Å². The smallest absolute Gasteiger partial charge is 0.778 e. The second-order valence-electron chi connectivity index (χ2n) is 5.23. The van der Waals surface area contributed by atoms with Crippen LogP contribution in [0.25, 0.3) is 0 Å². The molecule has 0 fully saturated rings. The molecule has 0 bridgehead atoms. The summed E-state index contributed by atoms with van der Waals surface area (Å²) in [5, 5.41) is 9.88. The molecule has 1 unspecified atom stereocenters. The molecule has 0 aromatic rings. The van der Waals surface area contributed by atoms with Crippen molar-refractivity contribution in [2.45, 2.75) is 51.4 Å². The molecule has 0 heterocycles. The fraction of sp³-hybridized carbons (Fsp3) is 0.714. The van der Waals surface area contributed by atoms with Gasteiger partial charge in [-0.25, -0.2) is 5.06 Å². The Balaban J connectivity index is 0. The van der Waals surface area contributed by atoms with E-state index in [0.717, 1.165) is 38.5 Å². The van der Waals surface area contributed by atoms with Crippen LogP contribution >= 0.6 is 7.60 Å². The molecule has 2 N–H and O–H groups in total. The minimum atomic E-state index is -4.71. The third-order valence-corrected chi connectivity index (χ3v) is 3.79. The maximum Gasteiger partial charge on any atom is 1.00 e. The number of Topliss-reactive ketones (excluding diaryl/α,β-unsaturated/α-hetero) is 1. The average Bonchev–Trinajstić information content (AvgIpc) is 2.39. The predicted octanol–water partition coefficient (Wildman–Crippen LogP) is -1.37. The van der Waals surface area contributed by atoms with Crippen molar-refractivity contribution >= 4 is 19.3 Å². The van der Waals surface area contributed by atoms with Gasteiger partial charge in [-0.1, -0.05) is 31.8 Å². The normalized spacial score (nSPS) is 12.8. The van der Waals surface area contributed by atoms with Crippen molar-refractivity contribution in [2.75, 3.05) is 12.7 Å². The number of amides is 1. The van der Waals surface area contributed by atoms with Gasteiger partial charge in [0.05, 0.1) is 12.6 Å². The number of hydrogen-bond acceptors (Lipinski definition) is 5. The minimum absolute atomic E-state index is 0. The fourth-order valence-corrected chi connectivity index (χ4v) is 2.48. The van der Waals surface area contributed by atoms with Crippen molar-refractivity contribution < 1.29 is 58.7 Å². The molecule has 128 valence electrons. The molecule has 9 heteroatoms. The Bertz CT molecular complexity index is 412. The Hall–Kier alpha value is -0.0100. The van der Waals surface area contributed by atoms with Crippen LogP contribution in [0.1, 0.15) is 51.4 Å². The molecule has 0 aliphatic carbocycles. The third-order valence-electron chi connectivity index (χ3n) is 3.04. The Kier molecular flexibility index (Phi) is 15.7. The van der Waals surface area contributed by atoms with Gasteiger partial charge in [-0.05, 0) is 19.3 Å². The SMILES string of the molecule is C=CCCCCCCCCN(O)C(=O)CC(=O)CP(=O)([O-])O.[Na+]. The van der Waals surface area contributed by atoms with Gasteiger partial charge in [-0.3, -0.25) is 14.8 Å². The van der Waals surface area contributed by atoms with Gasteiger partial charge < -0.3 is 14.4 Å². The quantitative estimate of drug-likeness (QED) is 0.0799. The second kappa shape index (κ2) is 14.3. The summed E-state index contributed by atoms with van der Waals surface area (Å²) in [6.45, 7) is 3.75. The van der Waals surface area contributed by atoms with E-state index in [-0.39, 0.29) is 36.1 Å². The molecule has 1 amide bonds. The van der Waals surface area contributed by atoms with Crippen LogP contribution in [0, 0.1) is 0 Å². The second-order valence-corrected chi connectivity index (χ2v) is 6.82. The first-order valence-electron chi connectivity index (χ1n) is 7.41. The van der Waals surface area contributed by atoms with Gasteiger partial charge in [0.15, 0.2) is 5.78 Å². The molecular weight excluding hydrogens is 332 g/mol. The molecule has 0 saturated carbocycles. The van der Waals surface area contributed by atoms with Crippen LogP contribution in [0.5, 0.6) is 0 Å². The van der Waals surface area contributed by atoms with E-state index in [1.165, 1.54) is 0 Å². The number of ketones is 1. The molecule has 0 aromatic heterocycles. The zero-order valence-corrected chi connectivity index (χ0v) is 16.7. The van der Waals surface area contributed by atoms with Crippen molar-refractivity contribution in [3.63, 3.8) is 0 Å². The van der Waals surface area contributed by atoms with Gasteiger partial charge in [0, 0.05) is 6.54 Å². The summed E-state index contributed by atoms with van der Waals surface area (Å²) in [6.07, 6.45) is 6.88. The monoisotopic (exact) mass is 357 g/mol. The van der Waals surface area contributed by atoms with Crippen LogP contribution in [0.3, 0.4) is 0 Å². The van der Waals surface area contributed by atoms with Crippen molar-refractivity contribution in [3.8, 4) is 0 Å². The Morgan fingerprint density at radius 1 is 1.13 bits per heavy atom. The Morgan fingerprint density at radius 3 is 2.17 bits per heavy atom. The van der Waals surface area contributed by atoms with E-state index >= 15 is 0 Å². The molecule has 0 aromatic carbocycles. The molecule has 0 aliphatic rings. The number of allylic oxidation sites excluding steroid dienone is 1. The van der Waals surface area contributed by atoms with Crippen LogP contribution in [0.4, 0.5) is 0 Å². The molecule has 1 atom stereocenters. The minimum Gasteiger partial charge on any atom is -0.778 e. The topological polar surface area (TPSA) is 118 Å². The maximum atomic E-state index is 11.4. The molecule has 0 radical (unpaired) electrons. The summed E-state index contributed by atoms with van der Waals surface area (Å²) in [6, 6.07) is 0. The van der Waals surface area contributed by atoms with E-state index in [1.54, 1.807) is 0 Å². The predicted molar refractivity (Wildman–Crippen MR) is 80.3 cm³/mol. The average molecular weight is 357 g/mol. The van der Waals surface area contributed by atoms with Crippen molar-refractivity contribution in [1.29, 1.82) is 0 Å². The summed E-state index contributed by atoms with van der Waals surface area (Å²) in [5.41, 5.74) is 0. The van der Waals surface area contributed by atoms with E-state index in [2.05, 4.69) is 6.58 Å². The summed E-state index contributed by atoms with van der Waals surface area (Å²) < 4.78 is 10.5. The standard InChI is InChI=1S/C14H26NO6P.Na/c1-2-3-4-5-6-7-8-9-10-15(18)14(17)11-13(16)12-22(19,20)21;/h2,18H,1,3-12H2,(H2,19,20,21);/q;+1/p-1. The Morgan fingerprint density at radius 2 is 1.65 bits per heavy atom. The number of rotatable bonds is 13. The van der Waals surface area contributed by atoms with Crippen LogP contribution in [-0.4, -0.2) is 39.6 Å². The third kappa shape index (κ3) is 16.6. The number of nitrogens with zero attached hydrogens (tertiary/aromatic N) is 1. The molecule has 0 saturated heterocycles. The van der Waals surface area contributed by atoms with Crippen molar-refractivity contribution in [3.05, 3.63) is 12.7 Å². The largest absolute Gasteiger partial charge is 1.00 e. The first kappa shape index (κ1) is 25.2. The molecule has 0 rings (SSSR count). The van der Waals surface area contributed by atoms with Gasteiger partial charge >= 0.3 is 29.6 Å². The van der Waals surface area contributed by atoms with E-state index in [0.29, 0.717) is 11.5 Å². The maximum absolute atomic E-state index is 11.4. The van der Waals surface area contributed by atoms with Crippen LogP contribution < -0.4 is 34.5 Å². The molecular formula is C14H25NNaO6P. The molecule has 0 aliphatic heterocycles. The first-order chi connectivity index (χ1) is 10.3. The van der Waals surface area contributed by atoms with Gasteiger partial charge in [-0.15, -0.1) is 6.58 Å². The van der Waals surface area contributed by atoms with Gasteiger partial charge in [0.25, 0.3) is 5.91 Å². The van der Waals surface area contributed by atoms with Crippen molar-refractivity contribution in [1.82, 2.24) is 5.06 Å². The Labute approximate surface area is 159 Å². The summed E-state index contributed by atoms with van der Waals surface area (Å²) in [5.74, 6) is -1.79. The number of carbonyl (C=O) groups excluding carboxylic acids is 2. The van der Waals surface area contributed by atoms with Gasteiger partial charge in [-0.2, -0.15) is 0 Å². The van der Waals surface area contributed by atoms with Crippen LogP contribution in [0.2, 0.25) is 0 Å². The molecule has 7 nitrogen and oxygen atoms in total.